The molecule has 29 heavy (non-hydrogen) atoms. The number of hydrogen-bond donors (Lipinski definition) is 0. The zero-order valence-corrected chi connectivity index (χ0v) is 18.7. The number of ketones is 1. The summed E-state index contributed by atoms with van der Waals surface area (Å²) < 4.78 is 11.4. The predicted octanol–water partition coefficient (Wildman–Crippen LogP) is 4.90. The number of hydrogen-bond acceptors (Lipinski definition) is 4. The normalized spacial score (nSPS) is 12.1. The Kier molecular flexibility index (Phi) is 8.71. The first-order valence-corrected chi connectivity index (χ1v) is 10.4. The van der Waals surface area contributed by atoms with E-state index in [0.29, 0.717) is 12.2 Å². The van der Waals surface area contributed by atoms with Gasteiger partial charge in [0.05, 0.1) is 14.2 Å². The number of Topliss-reactive ketones (excluding diaryl/α,β-unsaturated/α-hetero) is 1. The van der Waals surface area contributed by atoms with Crippen molar-refractivity contribution < 1.29 is 14.3 Å². The number of rotatable bonds is 11. The lowest BCUT2D eigenvalue weighted by Gasteiger charge is -2.19. The summed E-state index contributed by atoms with van der Waals surface area (Å²) in [4.78, 5) is 14.3. The van der Waals surface area contributed by atoms with Crippen molar-refractivity contribution in [3.63, 3.8) is 0 Å². The van der Waals surface area contributed by atoms with Gasteiger partial charge >= 0.3 is 0 Å². The molecule has 158 valence electrons. The molecular weight excluding hydrogens is 362 g/mol. The quantitative estimate of drug-likeness (QED) is 0.540. The molecule has 0 amide bonds. The van der Waals surface area contributed by atoms with Crippen LogP contribution >= 0.6 is 0 Å². The first-order chi connectivity index (χ1) is 13.9. The molecule has 0 aromatic heterocycles. The maximum Gasteiger partial charge on any atom is 0.136 e. The van der Waals surface area contributed by atoms with Gasteiger partial charge in [-0.2, -0.15) is 0 Å². The van der Waals surface area contributed by atoms with Crippen LogP contribution in [-0.4, -0.2) is 39.0 Å². The lowest BCUT2D eigenvalue weighted by Crippen LogP contribution is -2.13. The maximum atomic E-state index is 12.2. The van der Waals surface area contributed by atoms with E-state index in [-0.39, 0.29) is 5.92 Å². The van der Waals surface area contributed by atoms with Crippen LogP contribution in [0.2, 0.25) is 0 Å². The Balaban J connectivity index is 2.26. The number of nitrogens with zero attached hydrogens (tertiary/aromatic N) is 1. The van der Waals surface area contributed by atoms with Crippen molar-refractivity contribution >= 4 is 5.78 Å². The molecule has 0 saturated carbocycles. The molecule has 2 aromatic carbocycles. The summed E-state index contributed by atoms with van der Waals surface area (Å²) in [5.41, 5.74) is 4.59. The molecule has 0 aliphatic heterocycles. The van der Waals surface area contributed by atoms with Crippen molar-refractivity contribution in [1.82, 2.24) is 4.90 Å². The fraction of sp³-hybridized carbons (Fsp3) is 0.480. The van der Waals surface area contributed by atoms with Crippen molar-refractivity contribution in [3.05, 3.63) is 58.7 Å². The molecule has 0 N–H and O–H groups in total. The number of carbonyl (C=O) groups is 1. The van der Waals surface area contributed by atoms with Gasteiger partial charge in [0.1, 0.15) is 17.3 Å². The van der Waals surface area contributed by atoms with Crippen LogP contribution < -0.4 is 9.47 Å². The van der Waals surface area contributed by atoms with Gasteiger partial charge in [0, 0.05) is 36.4 Å². The lowest BCUT2D eigenvalue weighted by atomic mass is 9.95. The Hall–Kier alpha value is -2.33. The Labute approximate surface area is 175 Å². The summed E-state index contributed by atoms with van der Waals surface area (Å²) in [5, 5.41) is 0. The van der Waals surface area contributed by atoms with Crippen LogP contribution in [0, 0.1) is 5.92 Å². The maximum absolute atomic E-state index is 12.2. The van der Waals surface area contributed by atoms with E-state index >= 15 is 0 Å². The number of carbonyl (C=O) groups excluding carboxylic acids is 1. The van der Waals surface area contributed by atoms with Crippen LogP contribution in [0.5, 0.6) is 11.5 Å². The van der Waals surface area contributed by atoms with Crippen molar-refractivity contribution in [2.24, 2.45) is 5.92 Å². The summed E-state index contributed by atoms with van der Waals surface area (Å²) in [6.07, 6.45) is 3.01. The van der Waals surface area contributed by atoms with Gasteiger partial charge in [-0.05, 0) is 44.1 Å². The summed E-state index contributed by atoms with van der Waals surface area (Å²) in [6.45, 7) is 4.88. The SMILES string of the molecule is CCC(C)C(=O)CCc1cccc(Cc2c(OC)ccc(CN(C)C)c2OC)c1. The number of aryl methyl sites for hydroxylation is 1. The van der Waals surface area contributed by atoms with E-state index in [1.807, 2.05) is 27.1 Å². The van der Waals surface area contributed by atoms with E-state index in [4.69, 9.17) is 9.47 Å². The molecule has 0 heterocycles. The minimum Gasteiger partial charge on any atom is -0.496 e. The van der Waals surface area contributed by atoms with Crippen molar-refractivity contribution in [2.75, 3.05) is 28.3 Å². The first-order valence-electron chi connectivity index (χ1n) is 10.4. The molecule has 4 heteroatoms. The highest BCUT2D eigenvalue weighted by atomic mass is 16.5. The topological polar surface area (TPSA) is 38.8 Å². The third-order valence-electron chi connectivity index (χ3n) is 5.40. The average Bonchev–Trinajstić information content (AvgIpc) is 2.71. The van der Waals surface area contributed by atoms with Gasteiger partial charge in [-0.25, -0.2) is 0 Å². The van der Waals surface area contributed by atoms with Crippen LogP contribution in [0.4, 0.5) is 0 Å². The van der Waals surface area contributed by atoms with E-state index in [1.54, 1.807) is 14.2 Å². The highest BCUT2D eigenvalue weighted by Crippen LogP contribution is 2.35. The second-order valence-electron chi connectivity index (χ2n) is 7.95. The molecule has 0 radical (unpaired) electrons. The van der Waals surface area contributed by atoms with Gasteiger partial charge in [0.15, 0.2) is 0 Å². The van der Waals surface area contributed by atoms with Crippen molar-refractivity contribution in [1.29, 1.82) is 0 Å². The molecule has 0 bridgehead atoms. The fourth-order valence-corrected chi connectivity index (χ4v) is 3.58. The first kappa shape index (κ1) is 23.0. The standard InChI is InChI=1S/C25H35NO3/c1-7-18(2)23(27)13-11-19-9-8-10-20(15-19)16-22-24(28-5)14-12-21(17-26(3)4)25(22)29-6/h8-10,12,14-15,18H,7,11,13,16-17H2,1-6H3. The van der Waals surface area contributed by atoms with Crippen LogP contribution in [0.3, 0.4) is 0 Å². The third kappa shape index (κ3) is 6.33. The van der Waals surface area contributed by atoms with Crippen molar-refractivity contribution in [2.45, 2.75) is 46.1 Å². The highest BCUT2D eigenvalue weighted by molar-refractivity contribution is 5.80. The van der Waals surface area contributed by atoms with Crippen molar-refractivity contribution in [3.8, 4) is 11.5 Å². The van der Waals surface area contributed by atoms with Gasteiger partial charge in [0.25, 0.3) is 0 Å². The van der Waals surface area contributed by atoms with E-state index in [0.717, 1.165) is 48.4 Å². The van der Waals surface area contributed by atoms with Gasteiger partial charge in [-0.15, -0.1) is 0 Å². The molecule has 2 aromatic rings. The lowest BCUT2D eigenvalue weighted by molar-refractivity contribution is -0.122. The molecular formula is C25H35NO3. The van der Waals surface area contributed by atoms with Gasteiger partial charge in [-0.1, -0.05) is 44.2 Å². The molecule has 0 saturated heterocycles. The zero-order valence-electron chi connectivity index (χ0n) is 18.7. The summed E-state index contributed by atoms with van der Waals surface area (Å²) in [7, 11) is 7.51. The smallest absolute Gasteiger partial charge is 0.136 e. The van der Waals surface area contributed by atoms with Gasteiger partial charge < -0.3 is 14.4 Å². The van der Waals surface area contributed by atoms with E-state index < -0.39 is 0 Å². The molecule has 1 unspecified atom stereocenters. The number of benzene rings is 2. The Morgan fingerprint density at radius 1 is 1.07 bits per heavy atom. The van der Waals surface area contributed by atoms with E-state index in [2.05, 4.69) is 42.2 Å². The summed E-state index contributed by atoms with van der Waals surface area (Å²) in [5.74, 6) is 2.21. The van der Waals surface area contributed by atoms with E-state index in [9.17, 15) is 4.79 Å². The largest absolute Gasteiger partial charge is 0.496 e. The van der Waals surface area contributed by atoms with Gasteiger partial charge in [-0.3, -0.25) is 4.79 Å². The summed E-state index contributed by atoms with van der Waals surface area (Å²) in [6, 6.07) is 12.6. The summed E-state index contributed by atoms with van der Waals surface area (Å²) >= 11 is 0. The molecule has 0 aliphatic carbocycles. The molecule has 1 atom stereocenters. The van der Waals surface area contributed by atoms with Crippen LogP contribution in [0.25, 0.3) is 0 Å². The second kappa shape index (κ2) is 11.0. The zero-order chi connectivity index (χ0) is 21.4. The average molecular weight is 398 g/mol. The predicted molar refractivity (Wildman–Crippen MR) is 119 cm³/mol. The monoisotopic (exact) mass is 397 g/mol. The number of methoxy groups -OCH3 is 2. The van der Waals surface area contributed by atoms with E-state index in [1.165, 1.54) is 11.1 Å². The Bertz CT molecular complexity index is 814. The molecule has 2 rings (SSSR count). The van der Waals surface area contributed by atoms with Crippen LogP contribution in [0.1, 0.15) is 48.9 Å². The second-order valence-corrected chi connectivity index (χ2v) is 7.95. The molecule has 0 fully saturated rings. The Morgan fingerprint density at radius 3 is 2.41 bits per heavy atom. The number of ether oxygens (including phenoxy) is 2. The minimum absolute atomic E-state index is 0.145. The molecule has 4 nitrogen and oxygen atoms in total. The highest BCUT2D eigenvalue weighted by Gasteiger charge is 2.16. The Morgan fingerprint density at radius 2 is 1.79 bits per heavy atom. The minimum atomic E-state index is 0.145. The van der Waals surface area contributed by atoms with Gasteiger partial charge in [0.2, 0.25) is 0 Å². The van der Waals surface area contributed by atoms with Crippen LogP contribution in [-0.2, 0) is 24.2 Å². The fourth-order valence-electron chi connectivity index (χ4n) is 3.58. The molecule has 0 spiro atoms. The third-order valence-corrected chi connectivity index (χ3v) is 5.40. The molecule has 0 aliphatic rings. The van der Waals surface area contributed by atoms with Crippen LogP contribution in [0.15, 0.2) is 36.4 Å².